The number of aryl methyl sites for hydroxylation is 1. The van der Waals surface area contributed by atoms with Crippen molar-refractivity contribution in [3.05, 3.63) is 77.4 Å². The minimum Gasteiger partial charge on any atom is -0.495 e. The molecule has 12 heteroatoms. The number of rotatable bonds is 8. The summed E-state index contributed by atoms with van der Waals surface area (Å²) in [5.74, 6) is 1.30. The molecule has 220 valence electrons. The van der Waals surface area contributed by atoms with Gasteiger partial charge in [0.05, 0.1) is 37.9 Å². The lowest BCUT2D eigenvalue weighted by molar-refractivity contribution is 0.122. The first-order valence-corrected chi connectivity index (χ1v) is 15.2. The Morgan fingerprint density at radius 2 is 1.69 bits per heavy atom. The molecule has 0 unspecified atom stereocenters. The molecule has 5 rings (SSSR count). The van der Waals surface area contributed by atoms with Crippen LogP contribution in [0.25, 0.3) is 11.1 Å². The van der Waals surface area contributed by atoms with Crippen LogP contribution in [0.4, 0.5) is 28.8 Å². The normalized spacial score (nSPS) is 13.6. The largest absolute Gasteiger partial charge is 0.495 e. The lowest BCUT2D eigenvalue weighted by Crippen LogP contribution is -2.36. The SMILES string of the molecule is COc1cc(-c2ccc(N3CCOCC3)cc2)c(C)cc1N(C)c1ncc(Cl)c(N(C)c2ccccc2S(N)(=O)=O)n1. The third kappa shape index (κ3) is 6.00. The lowest BCUT2D eigenvalue weighted by Gasteiger charge is -2.29. The highest BCUT2D eigenvalue weighted by Crippen LogP contribution is 2.39. The molecule has 42 heavy (non-hydrogen) atoms. The van der Waals surface area contributed by atoms with Crippen molar-refractivity contribution in [3.8, 4) is 16.9 Å². The molecule has 2 heterocycles. The molecular formula is C30H33ClN6O4S. The summed E-state index contributed by atoms with van der Waals surface area (Å²) in [6, 6.07) is 19.0. The summed E-state index contributed by atoms with van der Waals surface area (Å²) >= 11 is 6.49. The number of ether oxygens (including phenoxy) is 2. The third-order valence-electron chi connectivity index (χ3n) is 7.31. The third-order valence-corrected chi connectivity index (χ3v) is 8.53. The van der Waals surface area contributed by atoms with Gasteiger partial charge >= 0.3 is 0 Å². The Kier molecular flexibility index (Phi) is 8.55. The zero-order valence-electron chi connectivity index (χ0n) is 23.9. The van der Waals surface area contributed by atoms with Crippen LogP contribution in [-0.4, -0.2) is 65.9 Å². The summed E-state index contributed by atoms with van der Waals surface area (Å²) in [6.07, 6.45) is 1.48. The van der Waals surface area contributed by atoms with Gasteiger partial charge in [0.15, 0.2) is 5.82 Å². The number of hydrogen-bond donors (Lipinski definition) is 1. The molecular weight excluding hydrogens is 576 g/mol. The van der Waals surface area contributed by atoms with Crippen LogP contribution in [0.15, 0.2) is 71.8 Å². The maximum absolute atomic E-state index is 12.2. The molecule has 0 spiro atoms. The average molecular weight is 609 g/mol. The Hall–Kier alpha value is -3.90. The minimum atomic E-state index is -3.98. The van der Waals surface area contributed by atoms with Crippen LogP contribution in [-0.2, 0) is 14.8 Å². The van der Waals surface area contributed by atoms with Crippen molar-refractivity contribution >= 4 is 50.5 Å². The van der Waals surface area contributed by atoms with Crippen molar-refractivity contribution in [1.29, 1.82) is 0 Å². The van der Waals surface area contributed by atoms with Gasteiger partial charge in [-0.25, -0.2) is 18.5 Å². The molecule has 0 radical (unpaired) electrons. The van der Waals surface area contributed by atoms with Crippen LogP contribution in [0.3, 0.4) is 0 Å². The molecule has 1 aromatic heterocycles. The molecule has 1 aliphatic rings. The maximum atomic E-state index is 12.2. The fourth-order valence-corrected chi connectivity index (χ4v) is 6.01. The summed E-state index contributed by atoms with van der Waals surface area (Å²) in [6.45, 7) is 5.30. The van der Waals surface area contributed by atoms with E-state index in [4.69, 9.17) is 31.2 Å². The van der Waals surface area contributed by atoms with Gasteiger partial charge in [0.25, 0.3) is 0 Å². The average Bonchev–Trinajstić information content (AvgIpc) is 3.00. The first-order valence-electron chi connectivity index (χ1n) is 13.3. The van der Waals surface area contributed by atoms with Gasteiger partial charge < -0.3 is 24.2 Å². The molecule has 1 saturated heterocycles. The van der Waals surface area contributed by atoms with Crippen LogP contribution >= 0.6 is 11.6 Å². The van der Waals surface area contributed by atoms with E-state index in [0.717, 1.165) is 48.7 Å². The van der Waals surface area contributed by atoms with Crippen LogP contribution < -0.4 is 24.6 Å². The maximum Gasteiger partial charge on any atom is 0.240 e. The Bertz CT molecular complexity index is 1700. The Morgan fingerprint density at radius 3 is 2.36 bits per heavy atom. The predicted octanol–water partition coefficient (Wildman–Crippen LogP) is 5.13. The number of hydrogen-bond acceptors (Lipinski definition) is 9. The molecule has 0 bridgehead atoms. The Balaban J connectivity index is 1.47. The van der Waals surface area contributed by atoms with Gasteiger partial charge in [-0.2, -0.15) is 4.98 Å². The number of benzene rings is 3. The van der Waals surface area contributed by atoms with E-state index in [0.29, 0.717) is 23.2 Å². The van der Waals surface area contributed by atoms with Gasteiger partial charge in [0.2, 0.25) is 16.0 Å². The molecule has 4 aromatic rings. The number of morpholine rings is 1. The molecule has 1 aliphatic heterocycles. The molecule has 3 aromatic carbocycles. The van der Waals surface area contributed by atoms with Gasteiger partial charge in [0, 0.05) is 32.9 Å². The number of para-hydroxylation sites is 1. The van der Waals surface area contributed by atoms with Crippen LogP contribution in [0.1, 0.15) is 5.56 Å². The van der Waals surface area contributed by atoms with Gasteiger partial charge in [0.1, 0.15) is 15.7 Å². The van der Waals surface area contributed by atoms with Crippen molar-refractivity contribution in [2.24, 2.45) is 5.14 Å². The number of sulfonamides is 1. The fraction of sp³-hybridized carbons (Fsp3) is 0.267. The second-order valence-corrected chi connectivity index (χ2v) is 11.9. The van der Waals surface area contributed by atoms with Gasteiger partial charge in [-0.05, 0) is 60.0 Å². The van der Waals surface area contributed by atoms with Crippen molar-refractivity contribution in [2.45, 2.75) is 11.8 Å². The fourth-order valence-electron chi connectivity index (χ4n) is 5.03. The zero-order valence-corrected chi connectivity index (χ0v) is 25.5. The van der Waals surface area contributed by atoms with Crippen LogP contribution in [0, 0.1) is 6.92 Å². The topological polar surface area (TPSA) is 114 Å². The number of anilines is 5. The second kappa shape index (κ2) is 12.1. The smallest absolute Gasteiger partial charge is 0.240 e. The van der Waals surface area contributed by atoms with Crippen LogP contribution in [0.5, 0.6) is 5.75 Å². The summed E-state index contributed by atoms with van der Waals surface area (Å²) in [7, 11) is 1.15. The number of methoxy groups -OCH3 is 1. The Labute approximate surface area is 251 Å². The van der Waals surface area contributed by atoms with E-state index < -0.39 is 10.0 Å². The number of nitrogens with zero attached hydrogens (tertiary/aromatic N) is 5. The lowest BCUT2D eigenvalue weighted by atomic mass is 9.98. The quantitative estimate of drug-likeness (QED) is 0.291. The van der Waals surface area contributed by atoms with Crippen molar-refractivity contribution in [3.63, 3.8) is 0 Å². The molecule has 0 atom stereocenters. The van der Waals surface area contributed by atoms with Crippen molar-refractivity contribution < 1.29 is 17.9 Å². The summed E-state index contributed by atoms with van der Waals surface area (Å²) in [5.41, 5.74) is 5.45. The van der Waals surface area contributed by atoms with E-state index in [1.54, 1.807) is 42.2 Å². The van der Waals surface area contributed by atoms with Crippen molar-refractivity contribution in [1.82, 2.24) is 9.97 Å². The first-order chi connectivity index (χ1) is 20.1. The highest BCUT2D eigenvalue weighted by Gasteiger charge is 2.22. The van der Waals surface area contributed by atoms with Crippen LogP contribution in [0.2, 0.25) is 5.02 Å². The molecule has 2 N–H and O–H groups in total. The summed E-state index contributed by atoms with van der Waals surface area (Å²) in [5, 5.41) is 5.71. The minimum absolute atomic E-state index is 0.0389. The van der Waals surface area contributed by atoms with E-state index in [-0.39, 0.29) is 9.92 Å². The van der Waals surface area contributed by atoms with E-state index in [2.05, 4.69) is 34.1 Å². The van der Waals surface area contributed by atoms with E-state index in [9.17, 15) is 8.42 Å². The van der Waals surface area contributed by atoms with Gasteiger partial charge in [-0.1, -0.05) is 35.9 Å². The Morgan fingerprint density at radius 1 is 1.00 bits per heavy atom. The number of aromatic nitrogens is 2. The van der Waals surface area contributed by atoms with E-state index in [1.807, 2.05) is 26.1 Å². The second-order valence-electron chi connectivity index (χ2n) is 9.96. The summed E-state index contributed by atoms with van der Waals surface area (Å²) in [4.78, 5) is 14.8. The van der Waals surface area contributed by atoms with Gasteiger partial charge in [-0.15, -0.1) is 0 Å². The molecule has 0 saturated carbocycles. The summed E-state index contributed by atoms with van der Waals surface area (Å²) < 4.78 is 35.7. The van der Waals surface area contributed by atoms with Gasteiger partial charge in [-0.3, -0.25) is 0 Å². The van der Waals surface area contributed by atoms with E-state index >= 15 is 0 Å². The molecule has 10 nitrogen and oxygen atoms in total. The highest BCUT2D eigenvalue weighted by atomic mass is 35.5. The molecule has 0 amide bonds. The van der Waals surface area contributed by atoms with E-state index in [1.165, 1.54) is 18.0 Å². The number of halogens is 1. The first kappa shape index (κ1) is 29.6. The predicted molar refractivity (Wildman–Crippen MR) is 167 cm³/mol. The van der Waals surface area contributed by atoms with Crippen molar-refractivity contribution in [2.75, 3.05) is 62.2 Å². The standard InChI is InChI=1S/C30H33ClN6O4S/c1-20-17-26(27(40-4)18-23(20)21-9-11-22(12-10-21)37-13-15-41-16-14-37)36(3)30-33-19-24(31)29(34-30)35(2)25-7-5-6-8-28(25)42(32,38)39/h5-12,17-19H,13-16H2,1-4H3,(H2,32,38,39). The molecule has 0 aliphatic carbocycles. The monoisotopic (exact) mass is 608 g/mol. The zero-order chi connectivity index (χ0) is 30.0. The number of nitrogens with two attached hydrogens (primary N) is 1. The highest BCUT2D eigenvalue weighted by molar-refractivity contribution is 7.89. The molecule has 1 fully saturated rings. The number of primary sulfonamides is 1.